The van der Waals surface area contributed by atoms with Crippen LogP contribution in [0, 0.1) is 0 Å². The monoisotopic (exact) mass is 321 g/mol. The van der Waals surface area contributed by atoms with Gasteiger partial charge in [-0.2, -0.15) is 0 Å². The smallest absolute Gasteiger partial charge is 0.214 e. The first-order chi connectivity index (χ1) is 10.4. The first-order valence-corrected chi connectivity index (χ1v) is 8.67. The van der Waals surface area contributed by atoms with Crippen LogP contribution in [-0.2, 0) is 10.2 Å². The van der Waals surface area contributed by atoms with E-state index in [0.717, 1.165) is 42.0 Å². The van der Waals surface area contributed by atoms with Crippen molar-refractivity contribution in [2.45, 2.75) is 38.3 Å². The lowest BCUT2D eigenvalue weighted by molar-refractivity contribution is -0.0362. The number of aromatic nitrogens is 3. The number of imidazole rings is 1. The van der Waals surface area contributed by atoms with Crippen LogP contribution in [0.15, 0.2) is 6.20 Å². The van der Waals surface area contributed by atoms with Gasteiger partial charge >= 0.3 is 0 Å². The maximum absolute atomic E-state index is 5.91. The Balaban J connectivity index is 1.58. The highest BCUT2D eigenvalue weighted by molar-refractivity contribution is 7.20. The number of nitrogens with zero attached hydrogens (tertiary/aromatic N) is 5. The summed E-state index contributed by atoms with van der Waals surface area (Å²) >= 11 is 1.67. The number of morpholine rings is 1. The fraction of sp³-hybridized carbons (Fsp3) is 0.733. The molecule has 7 heteroatoms. The Morgan fingerprint density at radius 3 is 2.82 bits per heavy atom. The quantitative estimate of drug-likeness (QED) is 0.798. The molecule has 4 rings (SSSR count). The molecule has 2 saturated heterocycles. The molecule has 120 valence electrons. The molecule has 2 fully saturated rings. The fourth-order valence-corrected chi connectivity index (χ4v) is 4.09. The highest BCUT2D eigenvalue weighted by Gasteiger charge is 2.39. The molecular formula is C15H23N5OS. The van der Waals surface area contributed by atoms with Gasteiger partial charge in [0, 0.05) is 25.0 Å². The second-order valence-electron chi connectivity index (χ2n) is 7.35. The molecular weight excluding hydrogens is 298 g/mol. The van der Waals surface area contributed by atoms with Crippen LogP contribution in [0.2, 0.25) is 0 Å². The van der Waals surface area contributed by atoms with E-state index in [2.05, 4.69) is 43.8 Å². The molecule has 2 unspecified atom stereocenters. The number of ether oxygens (including phenoxy) is 1. The molecule has 0 aliphatic carbocycles. The Labute approximate surface area is 134 Å². The number of rotatable bonds is 1. The van der Waals surface area contributed by atoms with Crippen molar-refractivity contribution in [1.29, 1.82) is 0 Å². The van der Waals surface area contributed by atoms with Gasteiger partial charge < -0.3 is 9.64 Å². The summed E-state index contributed by atoms with van der Waals surface area (Å²) in [6.45, 7) is 10.3. The van der Waals surface area contributed by atoms with Crippen LogP contribution in [0.5, 0.6) is 0 Å². The molecule has 22 heavy (non-hydrogen) atoms. The topological polar surface area (TPSA) is 45.9 Å². The zero-order valence-electron chi connectivity index (χ0n) is 13.6. The van der Waals surface area contributed by atoms with Crippen LogP contribution in [0.4, 0.5) is 5.13 Å². The molecule has 0 saturated carbocycles. The Hall–Kier alpha value is -1.18. The van der Waals surface area contributed by atoms with Crippen LogP contribution in [-0.4, -0.2) is 64.9 Å². The van der Waals surface area contributed by atoms with Crippen molar-refractivity contribution >= 4 is 21.4 Å². The maximum Gasteiger partial charge on any atom is 0.214 e. The molecule has 0 radical (unpaired) electrons. The third-order valence-corrected chi connectivity index (χ3v) is 5.63. The first-order valence-electron chi connectivity index (χ1n) is 7.85. The van der Waals surface area contributed by atoms with Crippen molar-refractivity contribution in [3.8, 4) is 0 Å². The number of fused-ring (bicyclic) bond motifs is 2. The molecule has 2 aromatic rings. The second kappa shape index (κ2) is 4.91. The zero-order chi connectivity index (χ0) is 15.5. The molecule has 2 aliphatic heterocycles. The second-order valence-corrected chi connectivity index (χ2v) is 8.28. The molecule has 4 heterocycles. The number of likely N-dealkylation sites (N-methyl/N-ethyl adjacent to an activating group) is 1. The SMILES string of the molecule is CN1CCOC2CN(c3nn4cc(C(C)(C)C)nc4s3)CC21. The van der Waals surface area contributed by atoms with Crippen LogP contribution >= 0.6 is 11.3 Å². The van der Waals surface area contributed by atoms with Gasteiger partial charge in [0.05, 0.1) is 30.6 Å². The van der Waals surface area contributed by atoms with E-state index >= 15 is 0 Å². The molecule has 0 aromatic carbocycles. The number of hydrogen-bond donors (Lipinski definition) is 0. The minimum Gasteiger partial charge on any atom is -0.373 e. The summed E-state index contributed by atoms with van der Waals surface area (Å²) in [4.78, 5) is 10.5. The molecule has 0 bridgehead atoms. The summed E-state index contributed by atoms with van der Waals surface area (Å²) < 4.78 is 7.84. The Bertz CT molecular complexity index is 656. The standard InChI is InChI=1S/C15H23N5OS/c1-15(2,3)12-9-20-13(16-12)22-14(17-20)19-7-10-11(8-19)21-6-5-18(10)4/h9-11H,5-8H2,1-4H3. The maximum atomic E-state index is 5.91. The Morgan fingerprint density at radius 2 is 2.14 bits per heavy atom. The lowest BCUT2D eigenvalue weighted by Crippen LogP contribution is -2.48. The van der Waals surface area contributed by atoms with Gasteiger partial charge in [-0.15, -0.1) is 5.10 Å². The number of hydrogen-bond acceptors (Lipinski definition) is 6. The van der Waals surface area contributed by atoms with Crippen molar-refractivity contribution in [2.75, 3.05) is 38.2 Å². The largest absolute Gasteiger partial charge is 0.373 e. The summed E-state index contributed by atoms with van der Waals surface area (Å²) in [5.74, 6) is 0. The summed E-state index contributed by atoms with van der Waals surface area (Å²) in [6, 6.07) is 0.482. The lowest BCUT2D eigenvalue weighted by Gasteiger charge is -2.33. The highest BCUT2D eigenvalue weighted by atomic mass is 32.1. The molecule has 2 aliphatic rings. The van der Waals surface area contributed by atoms with E-state index in [4.69, 9.17) is 14.8 Å². The predicted octanol–water partition coefficient (Wildman–Crippen LogP) is 1.61. The van der Waals surface area contributed by atoms with Gasteiger partial charge in [-0.1, -0.05) is 32.1 Å². The van der Waals surface area contributed by atoms with Crippen molar-refractivity contribution in [2.24, 2.45) is 0 Å². The van der Waals surface area contributed by atoms with Gasteiger partial charge in [-0.05, 0) is 7.05 Å². The first kappa shape index (κ1) is 14.4. The van der Waals surface area contributed by atoms with E-state index in [1.54, 1.807) is 11.3 Å². The van der Waals surface area contributed by atoms with E-state index in [0.29, 0.717) is 12.1 Å². The third-order valence-electron chi connectivity index (χ3n) is 4.65. The molecule has 0 N–H and O–H groups in total. The molecule has 2 atom stereocenters. The summed E-state index contributed by atoms with van der Waals surface area (Å²) in [6.07, 6.45) is 2.36. The van der Waals surface area contributed by atoms with E-state index in [9.17, 15) is 0 Å². The Kier molecular flexibility index (Phi) is 3.22. The summed E-state index contributed by atoms with van der Waals surface area (Å²) in [7, 11) is 2.19. The average molecular weight is 321 g/mol. The minimum atomic E-state index is 0.0622. The Morgan fingerprint density at radius 1 is 1.32 bits per heavy atom. The molecule has 0 amide bonds. The lowest BCUT2D eigenvalue weighted by atomic mass is 9.93. The average Bonchev–Trinajstić information content (AvgIpc) is 3.09. The van der Waals surface area contributed by atoms with Crippen molar-refractivity contribution < 1.29 is 4.74 Å². The van der Waals surface area contributed by atoms with E-state index < -0.39 is 0 Å². The van der Waals surface area contributed by atoms with Gasteiger partial charge in [-0.3, -0.25) is 4.90 Å². The van der Waals surface area contributed by atoms with Crippen LogP contribution in [0.25, 0.3) is 4.96 Å². The van der Waals surface area contributed by atoms with Crippen molar-refractivity contribution in [3.05, 3.63) is 11.9 Å². The van der Waals surface area contributed by atoms with Crippen LogP contribution in [0.1, 0.15) is 26.5 Å². The van der Waals surface area contributed by atoms with E-state index in [1.807, 2.05) is 4.52 Å². The van der Waals surface area contributed by atoms with Gasteiger partial charge in [-0.25, -0.2) is 9.50 Å². The summed E-state index contributed by atoms with van der Waals surface area (Å²) in [5, 5.41) is 5.79. The van der Waals surface area contributed by atoms with Gasteiger partial charge in [0.2, 0.25) is 10.1 Å². The van der Waals surface area contributed by atoms with Gasteiger partial charge in [0.1, 0.15) is 0 Å². The number of anilines is 1. The third kappa shape index (κ3) is 2.31. The van der Waals surface area contributed by atoms with Gasteiger partial charge in [0.15, 0.2) is 0 Å². The molecule has 2 aromatic heterocycles. The summed E-state index contributed by atoms with van der Waals surface area (Å²) in [5.41, 5.74) is 1.16. The zero-order valence-corrected chi connectivity index (χ0v) is 14.4. The van der Waals surface area contributed by atoms with E-state index in [-0.39, 0.29) is 5.41 Å². The molecule has 6 nitrogen and oxygen atoms in total. The van der Waals surface area contributed by atoms with Crippen molar-refractivity contribution in [1.82, 2.24) is 19.5 Å². The van der Waals surface area contributed by atoms with E-state index in [1.165, 1.54) is 0 Å². The molecule has 0 spiro atoms. The minimum absolute atomic E-state index is 0.0622. The fourth-order valence-electron chi connectivity index (χ4n) is 3.19. The highest BCUT2D eigenvalue weighted by Crippen LogP contribution is 2.31. The predicted molar refractivity (Wildman–Crippen MR) is 87.9 cm³/mol. The van der Waals surface area contributed by atoms with Crippen LogP contribution in [0.3, 0.4) is 0 Å². The van der Waals surface area contributed by atoms with Gasteiger partial charge in [0.25, 0.3) is 0 Å². The normalized spacial score (nSPS) is 26.8. The van der Waals surface area contributed by atoms with Crippen LogP contribution < -0.4 is 4.90 Å². The van der Waals surface area contributed by atoms with Crippen molar-refractivity contribution in [3.63, 3.8) is 0 Å².